The van der Waals surface area contributed by atoms with Gasteiger partial charge in [-0.15, -0.1) is 0 Å². The first-order valence-electron chi connectivity index (χ1n) is 11.8. The van der Waals surface area contributed by atoms with Gasteiger partial charge in [0.25, 0.3) is 0 Å². The van der Waals surface area contributed by atoms with Crippen molar-refractivity contribution in [3.8, 4) is 0 Å². The number of carbonyl (C=O) groups is 1. The normalized spacial score (nSPS) is 11.9. The maximum Gasteiger partial charge on any atom is 0.231 e. The van der Waals surface area contributed by atoms with E-state index >= 15 is 0 Å². The van der Waals surface area contributed by atoms with E-state index in [1.165, 1.54) is 6.20 Å². The Morgan fingerprint density at radius 1 is 0.973 bits per heavy atom. The lowest BCUT2D eigenvalue weighted by molar-refractivity contribution is -0.115. The van der Waals surface area contributed by atoms with Gasteiger partial charge in [-0.25, -0.2) is 18.2 Å². The minimum absolute atomic E-state index is 0.0435. The van der Waals surface area contributed by atoms with E-state index in [4.69, 9.17) is 0 Å². The van der Waals surface area contributed by atoms with Gasteiger partial charge in [0.1, 0.15) is 5.82 Å². The summed E-state index contributed by atoms with van der Waals surface area (Å²) in [4.78, 5) is 16.7. The number of hydrogen-bond acceptors (Lipinski definition) is 4. The number of nitrogens with zero attached hydrogens (tertiary/aromatic N) is 2. The fourth-order valence-electron chi connectivity index (χ4n) is 3.92. The molecular weight excluding hydrogens is 481 g/mol. The van der Waals surface area contributed by atoms with Crippen LogP contribution in [0.25, 0.3) is 0 Å². The van der Waals surface area contributed by atoms with E-state index in [-0.39, 0.29) is 24.4 Å². The van der Waals surface area contributed by atoms with Crippen LogP contribution in [0.2, 0.25) is 0 Å². The molecule has 4 rings (SSSR count). The van der Waals surface area contributed by atoms with Crippen LogP contribution in [0.5, 0.6) is 0 Å². The van der Waals surface area contributed by atoms with Gasteiger partial charge in [-0.05, 0) is 53.9 Å². The van der Waals surface area contributed by atoms with E-state index in [0.29, 0.717) is 24.6 Å². The maximum atomic E-state index is 13.5. The second-order valence-corrected chi connectivity index (χ2v) is 8.65. The summed E-state index contributed by atoms with van der Waals surface area (Å²) in [5, 5.41) is 16.3. The lowest BCUT2D eigenvalue weighted by Gasteiger charge is -2.12. The van der Waals surface area contributed by atoms with Gasteiger partial charge in [-0.3, -0.25) is 4.79 Å². The molecule has 37 heavy (non-hydrogen) atoms. The van der Waals surface area contributed by atoms with Crippen molar-refractivity contribution < 1.29 is 23.1 Å². The molecule has 1 atom stereocenters. The Balaban J connectivity index is 1.24. The molecule has 4 aromatic rings. The van der Waals surface area contributed by atoms with Crippen molar-refractivity contribution in [1.82, 2.24) is 14.9 Å². The summed E-state index contributed by atoms with van der Waals surface area (Å²) >= 11 is 0. The third-order valence-electron chi connectivity index (χ3n) is 5.87. The molecular formula is C28H27F3N4O2. The van der Waals surface area contributed by atoms with Crippen LogP contribution in [0.4, 0.5) is 18.9 Å². The zero-order valence-electron chi connectivity index (χ0n) is 20.0. The number of halogens is 3. The van der Waals surface area contributed by atoms with E-state index in [9.17, 15) is 23.1 Å². The Kier molecular flexibility index (Phi) is 8.71. The van der Waals surface area contributed by atoms with Crippen molar-refractivity contribution in [2.75, 3.05) is 18.4 Å². The van der Waals surface area contributed by atoms with Gasteiger partial charge in [0.2, 0.25) is 5.91 Å². The highest BCUT2D eigenvalue weighted by atomic mass is 19.2. The molecule has 9 heteroatoms. The van der Waals surface area contributed by atoms with E-state index in [1.807, 2.05) is 54.6 Å². The summed E-state index contributed by atoms with van der Waals surface area (Å²) in [6, 6.07) is 18.8. The Labute approximate surface area is 212 Å². The van der Waals surface area contributed by atoms with E-state index in [0.717, 1.165) is 29.7 Å². The minimum Gasteiger partial charge on any atom is -0.387 e. The van der Waals surface area contributed by atoms with Gasteiger partial charge in [0, 0.05) is 31.2 Å². The molecule has 0 aliphatic heterocycles. The Bertz CT molecular complexity index is 1300. The van der Waals surface area contributed by atoms with E-state index in [1.54, 1.807) is 10.8 Å². The van der Waals surface area contributed by atoms with Gasteiger partial charge in [-0.2, -0.15) is 0 Å². The number of rotatable bonds is 11. The van der Waals surface area contributed by atoms with Crippen molar-refractivity contribution in [1.29, 1.82) is 0 Å². The predicted molar refractivity (Wildman–Crippen MR) is 134 cm³/mol. The number of benzene rings is 3. The van der Waals surface area contributed by atoms with Gasteiger partial charge in [-0.1, -0.05) is 42.5 Å². The second kappa shape index (κ2) is 12.3. The smallest absolute Gasteiger partial charge is 0.231 e. The predicted octanol–water partition coefficient (Wildman–Crippen LogP) is 4.40. The zero-order valence-corrected chi connectivity index (χ0v) is 20.0. The summed E-state index contributed by atoms with van der Waals surface area (Å²) in [5.74, 6) is -3.94. The topological polar surface area (TPSA) is 79.2 Å². The molecule has 0 saturated carbocycles. The molecule has 1 heterocycles. The fourth-order valence-corrected chi connectivity index (χ4v) is 3.92. The molecule has 0 fully saturated rings. The summed E-state index contributed by atoms with van der Waals surface area (Å²) in [6.07, 6.45) is 3.23. The monoisotopic (exact) mass is 508 g/mol. The molecule has 0 spiro atoms. The number of amides is 1. The molecule has 3 aromatic carbocycles. The van der Waals surface area contributed by atoms with Crippen LogP contribution in [0.1, 0.15) is 28.6 Å². The van der Waals surface area contributed by atoms with Gasteiger partial charge >= 0.3 is 0 Å². The zero-order chi connectivity index (χ0) is 26.2. The Hall–Kier alpha value is -3.95. The van der Waals surface area contributed by atoms with Crippen molar-refractivity contribution >= 4 is 11.6 Å². The Morgan fingerprint density at radius 3 is 2.38 bits per heavy atom. The average Bonchev–Trinajstić information content (AvgIpc) is 3.32. The van der Waals surface area contributed by atoms with Crippen LogP contribution in [0.15, 0.2) is 79.1 Å². The minimum atomic E-state index is -1.52. The number of imidazole rings is 1. The van der Waals surface area contributed by atoms with Crippen molar-refractivity contribution in [3.05, 3.63) is 119 Å². The SMILES string of the molecule is O=C(Cc1nccn1Cc1cc(F)c(F)c(F)c1)Nc1ccc(CCNC[C@H](O)c2ccccc2)cc1. The average molecular weight is 509 g/mol. The molecule has 0 aliphatic rings. The van der Waals surface area contributed by atoms with Crippen LogP contribution in [0.3, 0.4) is 0 Å². The first-order chi connectivity index (χ1) is 17.9. The van der Waals surface area contributed by atoms with Crippen LogP contribution < -0.4 is 10.6 Å². The Morgan fingerprint density at radius 2 is 1.68 bits per heavy atom. The quantitative estimate of drug-likeness (QED) is 0.207. The number of aromatic nitrogens is 2. The van der Waals surface area contributed by atoms with Gasteiger partial charge in [0.15, 0.2) is 17.5 Å². The first-order valence-corrected chi connectivity index (χ1v) is 11.8. The largest absolute Gasteiger partial charge is 0.387 e. The summed E-state index contributed by atoms with van der Waals surface area (Å²) in [5.41, 5.74) is 2.79. The van der Waals surface area contributed by atoms with Crippen molar-refractivity contribution in [2.24, 2.45) is 0 Å². The van der Waals surface area contributed by atoms with Crippen LogP contribution in [-0.2, 0) is 24.2 Å². The number of carbonyl (C=O) groups excluding carboxylic acids is 1. The van der Waals surface area contributed by atoms with Gasteiger partial charge in [0.05, 0.1) is 12.5 Å². The van der Waals surface area contributed by atoms with E-state index < -0.39 is 23.6 Å². The van der Waals surface area contributed by atoms with Crippen LogP contribution >= 0.6 is 0 Å². The number of anilines is 1. The van der Waals surface area contributed by atoms with E-state index in [2.05, 4.69) is 15.6 Å². The molecule has 0 saturated heterocycles. The first kappa shape index (κ1) is 26.1. The molecule has 3 N–H and O–H groups in total. The van der Waals surface area contributed by atoms with Crippen LogP contribution in [0, 0.1) is 17.5 Å². The molecule has 0 aliphatic carbocycles. The number of aliphatic hydroxyl groups excluding tert-OH is 1. The highest BCUT2D eigenvalue weighted by Gasteiger charge is 2.14. The van der Waals surface area contributed by atoms with Crippen molar-refractivity contribution in [3.63, 3.8) is 0 Å². The molecule has 0 unspecified atom stereocenters. The summed E-state index contributed by atoms with van der Waals surface area (Å²) < 4.78 is 41.8. The number of hydrogen-bond donors (Lipinski definition) is 3. The number of aliphatic hydroxyl groups is 1. The molecule has 6 nitrogen and oxygen atoms in total. The van der Waals surface area contributed by atoms with Crippen LogP contribution in [-0.4, -0.2) is 33.7 Å². The highest BCUT2D eigenvalue weighted by molar-refractivity contribution is 5.91. The molecule has 0 bridgehead atoms. The molecule has 192 valence electrons. The standard InChI is InChI=1S/C28H27F3N4O2/c29-23-14-20(15-24(30)28(23)31)18-35-13-12-33-26(35)16-27(37)34-22-8-6-19(7-9-22)10-11-32-17-25(36)21-4-2-1-3-5-21/h1-9,12-15,25,32,36H,10-11,16-18H2,(H,34,37)/t25-/m0/s1. The summed E-state index contributed by atoms with van der Waals surface area (Å²) in [6.45, 7) is 1.20. The summed E-state index contributed by atoms with van der Waals surface area (Å²) in [7, 11) is 0. The molecule has 1 amide bonds. The van der Waals surface area contributed by atoms with Gasteiger partial charge < -0.3 is 20.3 Å². The highest BCUT2D eigenvalue weighted by Crippen LogP contribution is 2.16. The lowest BCUT2D eigenvalue weighted by Crippen LogP contribution is -2.23. The molecule has 0 radical (unpaired) electrons. The fraction of sp³-hybridized carbons (Fsp3) is 0.214. The second-order valence-electron chi connectivity index (χ2n) is 8.65. The third-order valence-corrected chi connectivity index (χ3v) is 5.87. The van der Waals surface area contributed by atoms with Crippen molar-refractivity contribution in [2.45, 2.75) is 25.5 Å². The number of nitrogens with one attached hydrogen (secondary N) is 2. The molecule has 1 aromatic heterocycles. The maximum absolute atomic E-state index is 13.5. The third kappa shape index (κ3) is 7.28. The lowest BCUT2D eigenvalue weighted by atomic mass is 10.1.